The van der Waals surface area contributed by atoms with Crippen molar-refractivity contribution in [3.8, 4) is 0 Å². The maximum absolute atomic E-state index is 11.7. The van der Waals surface area contributed by atoms with E-state index in [2.05, 4.69) is 5.32 Å². The van der Waals surface area contributed by atoms with Crippen LogP contribution in [0.2, 0.25) is 5.02 Å². The number of halogens is 1. The fourth-order valence-electron chi connectivity index (χ4n) is 1.12. The molecule has 0 saturated heterocycles. The average Bonchev–Trinajstić information content (AvgIpc) is 2.26. The predicted octanol–water partition coefficient (Wildman–Crippen LogP) is 2.28. The molecule has 1 aromatic rings. The minimum Gasteiger partial charge on any atom is -0.480 e. The summed E-state index contributed by atoms with van der Waals surface area (Å²) in [5.74, 6) is -1.06. The fourth-order valence-corrected chi connectivity index (χ4v) is 1.31. The van der Waals surface area contributed by atoms with Gasteiger partial charge in [-0.3, -0.25) is 0 Å². The number of benzene rings is 1. The predicted molar refractivity (Wildman–Crippen MR) is 65.3 cm³/mol. The molecule has 0 aliphatic heterocycles. The summed E-state index contributed by atoms with van der Waals surface area (Å²) in [7, 11) is 1.42. The molecule has 0 aromatic heterocycles. The lowest BCUT2D eigenvalue weighted by Crippen LogP contribution is -2.42. The zero-order valence-electron chi connectivity index (χ0n) is 9.48. The summed E-state index contributed by atoms with van der Waals surface area (Å²) in [5, 5.41) is 11.8. The smallest absolute Gasteiger partial charge is 0.326 e. The highest BCUT2D eigenvalue weighted by Gasteiger charge is 2.21. The molecule has 0 heterocycles. The first kappa shape index (κ1) is 13.3. The molecule has 0 spiro atoms. The standard InChI is InChI=1S/C11H13ClN2O3/c1-7(10(15)16)14(2)11(17)13-9-5-3-4-8(12)6-9/h3-7H,1-2H3,(H,13,17)(H,15,16). The van der Waals surface area contributed by atoms with Crippen LogP contribution in [0, 0.1) is 0 Å². The monoisotopic (exact) mass is 256 g/mol. The Kier molecular flexibility index (Phi) is 4.34. The highest BCUT2D eigenvalue weighted by Crippen LogP contribution is 2.15. The van der Waals surface area contributed by atoms with Crippen molar-refractivity contribution in [2.24, 2.45) is 0 Å². The van der Waals surface area contributed by atoms with Crippen molar-refractivity contribution >= 4 is 29.3 Å². The first-order valence-corrected chi connectivity index (χ1v) is 5.32. The Balaban J connectivity index is 2.69. The van der Waals surface area contributed by atoms with Crippen LogP contribution in [0.3, 0.4) is 0 Å². The summed E-state index contributed by atoms with van der Waals surface area (Å²) < 4.78 is 0. The second-order valence-electron chi connectivity index (χ2n) is 3.57. The molecule has 2 N–H and O–H groups in total. The first-order chi connectivity index (χ1) is 7.91. The zero-order valence-corrected chi connectivity index (χ0v) is 10.2. The number of hydrogen-bond acceptors (Lipinski definition) is 2. The van der Waals surface area contributed by atoms with Crippen molar-refractivity contribution in [1.29, 1.82) is 0 Å². The number of carboxylic acid groups (broad SMARTS) is 1. The summed E-state index contributed by atoms with van der Waals surface area (Å²) in [5.41, 5.74) is 0.520. The van der Waals surface area contributed by atoms with Crippen molar-refractivity contribution in [3.05, 3.63) is 29.3 Å². The number of nitrogens with one attached hydrogen (secondary N) is 1. The Hall–Kier alpha value is -1.75. The lowest BCUT2D eigenvalue weighted by Gasteiger charge is -2.21. The van der Waals surface area contributed by atoms with Crippen molar-refractivity contribution < 1.29 is 14.7 Å². The van der Waals surface area contributed by atoms with Crippen molar-refractivity contribution in [2.45, 2.75) is 13.0 Å². The molecule has 0 saturated carbocycles. The molecule has 92 valence electrons. The van der Waals surface area contributed by atoms with E-state index in [-0.39, 0.29) is 0 Å². The Labute approximate surface area is 104 Å². The van der Waals surface area contributed by atoms with E-state index in [0.717, 1.165) is 4.90 Å². The van der Waals surface area contributed by atoms with Gasteiger partial charge in [0.05, 0.1) is 0 Å². The van der Waals surface area contributed by atoms with E-state index in [4.69, 9.17) is 16.7 Å². The van der Waals surface area contributed by atoms with Crippen LogP contribution < -0.4 is 5.32 Å². The molecule has 1 rings (SSSR count). The fraction of sp³-hybridized carbons (Fsp3) is 0.273. The Bertz CT molecular complexity index is 436. The van der Waals surface area contributed by atoms with Gasteiger partial charge in [-0.25, -0.2) is 9.59 Å². The van der Waals surface area contributed by atoms with Crippen molar-refractivity contribution in [2.75, 3.05) is 12.4 Å². The SMILES string of the molecule is CC(C(=O)O)N(C)C(=O)Nc1cccc(Cl)c1. The Morgan fingerprint density at radius 1 is 1.47 bits per heavy atom. The molecule has 17 heavy (non-hydrogen) atoms. The van der Waals surface area contributed by atoms with Crippen LogP contribution in [0.5, 0.6) is 0 Å². The third-order valence-electron chi connectivity index (χ3n) is 2.33. The van der Waals surface area contributed by atoms with Crippen LogP contribution in [0.25, 0.3) is 0 Å². The van der Waals surface area contributed by atoms with Gasteiger partial charge in [0, 0.05) is 17.8 Å². The van der Waals surface area contributed by atoms with Crippen LogP contribution in [0.1, 0.15) is 6.92 Å². The van der Waals surface area contributed by atoms with Gasteiger partial charge in [-0.15, -0.1) is 0 Å². The van der Waals surface area contributed by atoms with E-state index >= 15 is 0 Å². The number of hydrogen-bond donors (Lipinski definition) is 2. The molecule has 0 aliphatic carbocycles. The first-order valence-electron chi connectivity index (χ1n) is 4.94. The van der Waals surface area contributed by atoms with E-state index < -0.39 is 18.0 Å². The van der Waals surface area contributed by atoms with E-state index in [1.807, 2.05) is 0 Å². The zero-order chi connectivity index (χ0) is 13.0. The second-order valence-corrected chi connectivity index (χ2v) is 4.00. The number of carbonyl (C=O) groups excluding carboxylic acids is 1. The van der Waals surface area contributed by atoms with E-state index in [9.17, 15) is 9.59 Å². The normalized spacial score (nSPS) is 11.7. The summed E-state index contributed by atoms with van der Waals surface area (Å²) >= 11 is 5.76. The van der Waals surface area contributed by atoms with Gasteiger partial charge in [-0.05, 0) is 25.1 Å². The molecule has 0 aliphatic rings. The van der Waals surface area contributed by atoms with E-state index in [1.165, 1.54) is 14.0 Å². The molecule has 5 nitrogen and oxygen atoms in total. The minimum atomic E-state index is -1.06. The number of rotatable bonds is 3. The second kappa shape index (κ2) is 5.54. The number of aliphatic carboxylic acids is 1. The molecule has 0 bridgehead atoms. The van der Waals surface area contributed by atoms with Gasteiger partial charge in [-0.2, -0.15) is 0 Å². The third-order valence-corrected chi connectivity index (χ3v) is 2.57. The maximum Gasteiger partial charge on any atom is 0.326 e. The molecule has 0 fully saturated rings. The lowest BCUT2D eigenvalue weighted by molar-refractivity contribution is -0.141. The van der Waals surface area contributed by atoms with Gasteiger partial charge in [0.25, 0.3) is 0 Å². The van der Waals surface area contributed by atoms with Crippen LogP contribution in [0.4, 0.5) is 10.5 Å². The number of nitrogens with zero attached hydrogens (tertiary/aromatic N) is 1. The third kappa shape index (κ3) is 3.64. The largest absolute Gasteiger partial charge is 0.480 e. The van der Waals surface area contributed by atoms with Gasteiger partial charge >= 0.3 is 12.0 Å². The number of urea groups is 1. The highest BCUT2D eigenvalue weighted by molar-refractivity contribution is 6.30. The van der Waals surface area contributed by atoms with Gasteiger partial charge < -0.3 is 15.3 Å². The summed E-state index contributed by atoms with van der Waals surface area (Å²) in [6.45, 7) is 1.43. The van der Waals surface area contributed by atoms with Crippen molar-refractivity contribution in [3.63, 3.8) is 0 Å². The van der Waals surface area contributed by atoms with Crippen LogP contribution in [-0.4, -0.2) is 35.1 Å². The molecular weight excluding hydrogens is 244 g/mol. The lowest BCUT2D eigenvalue weighted by atomic mass is 10.3. The number of carbonyl (C=O) groups is 2. The van der Waals surface area contributed by atoms with Crippen LogP contribution in [-0.2, 0) is 4.79 Å². The van der Waals surface area contributed by atoms with Gasteiger partial charge in [-0.1, -0.05) is 17.7 Å². The van der Waals surface area contributed by atoms with Gasteiger partial charge in [0.2, 0.25) is 0 Å². The van der Waals surface area contributed by atoms with E-state index in [1.54, 1.807) is 24.3 Å². The molecular formula is C11H13ClN2O3. The molecule has 0 radical (unpaired) electrons. The molecule has 1 aromatic carbocycles. The Morgan fingerprint density at radius 3 is 2.65 bits per heavy atom. The Morgan fingerprint density at radius 2 is 2.12 bits per heavy atom. The topological polar surface area (TPSA) is 69.6 Å². The highest BCUT2D eigenvalue weighted by atomic mass is 35.5. The molecule has 6 heteroatoms. The quantitative estimate of drug-likeness (QED) is 0.872. The summed E-state index contributed by atoms with van der Waals surface area (Å²) in [6.07, 6.45) is 0. The van der Waals surface area contributed by atoms with Crippen LogP contribution in [0.15, 0.2) is 24.3 Å². The maximum atomic E-state index is 11.7. The van der Waals surface area contributed by atoms with Gasteiger partial charge in [0.15, 0.2) is 0 Å². The number of anilines is 1. The van der Waals surface area contributed by atoms with Gasteiger partial charge in [0.1, 0.15) is 6.04 Å². The van der Waals surface area contributed by atoms with E-state index in [0.29, 0.717) is 10.7 Å². The molecule has 1 atom stereocenters. The average molecular weight is 257 g/mol. The summed E-state index contributed by atoms with van der Waals surface area (Å²) in [6, 6.07) is 5.23. The number of likely N-dealkylation sites (N-methyl/N-ethyl adjacent to an activating group) is 1. The van der Waals surface area contributed by atoms with Crippen LogP contribution >= 0.6 is 11.6 Å². The molecule has 1 unspecified atom stereocenters. The summed E-state index contributed by atoms with van der Waals surface area (Å²) in [4.78, 5) is 23.5. The number of carboxylic acids is 1. The minimum absolute atomic E-state index is 0.497. The molecule has 2 amide bonds. The number of amides is 2. The van der Waals surface area contributed by atoms with Crippen molar-refractivity contribution in [1.82, 2.24) is 4.90 Å².